The van der Waals surface area contributed by atoms with Crippen molar-refractivity contribution in [1.82, 2.24) is 10.3 Å². The summed E-state index contributed by atoms with van der Waals surface area (Å²) in [5, 5.41) is 5.22. The van der Waals surface area contributed by atoms with Crippen molar-refractivity contribution < 1.29 is 9.53 Å². The molecule has 1 aromatic heterocycles. The van der Waals surface area contributed by atoms with Crippen LogP contribution in [0.5, 0.6) is 5.75 Å². The van der Waals surface area contributed by atoms with Crippen LogP contribution in [0.25, 0.3) is 16.8 Å². The minimum Gasteiger partial charge on any atom is -0.494 e. The maximum absolute atomic E-state index is 11.8. The van der Waals surface area contributed by atoms with Gasteiger partial charge in [0, 0.05) is 25.0 Å². The van der Waals surface area contributed by atoms with Crippen molar-refractivity contribution in [2.45, 2.75) is 13.3 Å². The highest BCUT2D eigenvalue weighted by Crippen LogP contribution is 2.20. The number of pyridine rings is 1. The third-order valence-corrected chi connectivity index (χ3v) is 3.93. The van der Waals surface area contributed by atoms with E-state index in [0.717, 1.165) is 28.7 Å². The van der Waals surface area contributed by atoms with Crippen molar-refractivity contribution in [2.75, 3.05) is 13.2 Å². The number of benzene rings is 2. The lowest BCUT2D eigenvalue weighted by Crippen LogP contribution is -2.23. The summed E-state index contributed by atoms with van der Waals surface area (Å²) < 4.78 is 5.76. The number of carbonyl (C=O) groups excluding carboxylic acids is 1. The van der Waals surface area contributed by atoms with Crippen molar-refractivity contribution in [3.63, 3.8) is 0 Å². The Labute approximate surface area is 153 Å². The average Bonchev–Trinajstić information content (AvgIpc) is 2.66. The van der Waals surface area contributed by atoms with Gasteiger partial charge < -0.3 is 10.1 Å². The van der Waals surface area contributed by atoms with Crippen molar-refractivity contribution in [3.8, 4) is 5.75 Å². The summed E-state index contributed by atoms with van der Waals surface area (Å²) in [4.78, 5) is 15.9. The zero-order valence-electron chi connectivity index (χ0n) is 14.8. The van der Waals surface area contributed by atoms with E-state index in [1.165, 1.54) is 11.5 Å². The zero-order chi connectivity index (χ0) is 18.2. The van der Waals surface area contributed by atoms with Gasteiger partial charge in [-0.25, -0.2) is 0 Å². The summed E-state index contributed by atoms with van der Waals surface area (Å²) in [6, 6.07) is 16.2. The quantitative estimate of drug-likeness (QED) is 0.517. The molecule has 0 radical (unpaired) electrons. The van der Waals surface area contributed by atoms with Gasteiger partial charge in [-0.1, -0.05) is 30.3 Å². The maximum atomic E-state index is 11.8. The van der Waals surface area contributed by atoms with Gasteiger partial charge in [-0.3, -0.25) is 9.78 Å². The van der Waals surface area contributed by atoms with Crippen molar-refractivity contribution >= 4 is 22.8 Å². The number of hydrogen-bond donors (Lipinski definition) is 1. The molecule has 0 bridgehead atoms. The topological polar surface area (TPSA) is 51.2 Å². The van der Waals surface area contributed by atoms with Crippen molar-refractivity contribution in [2.24, 2.45) is 0 Å². The number of rotatable bonds is 7. The Morgan fingerprint density at radius 1 is 1.12 bits per heavy atom. The SMILES string of the molecule is Cc1cncc(/C=C/C(=O)NCCCOc2ccc3ccccc3c2)c1. The lowest BCUT2D eigenvalue weighted by molar-refractivity contribution is -0.116. The lowest BCUT2D eigenvalue weighted by atomic mass is 10.1. The molecule has 0 aliphatic heterocycles. The van der Waals surface area contributed by atoms with Crippen molar-refractivity contribution in [1.29, 1.82) is 0 Å². The summed E-state index contributed by atoms with van der Waals surface area (Å²) in [7, 11) is 0. The fourth-order valence-corrected chi connectivity index (χ4v) is 2.63. The molecule has 4 nitrogen and oxygen atoms in total. The second kappa shape index (κ2) is 8.81. The van der Waals surface area contributed by atoms with Gasteiger partial charge in [0.2, 0.25) is 5.91 Å². The molecule has 0 saturated carbocycles. The molecular formula is C22H22N2O2. The summed E-state index contributed by atoms with van der Waals surface area (Å²) in [6.45, 7) is 3.10. The lowest BCUT2D eigenvalue weighted by Gasteiger charge is -2.07. The van der Waals surface area contributed by atoms with E-state index in [-0.39, 0.29) is 5.91 Å². The van der Waals surface area contributed by atoms with E-state index in [4.69, 9.17) is 4.74 Å². The summed E-state index contributed by atoms with van der Waals surface area (Å²) >= 11 is 0. The van der Waals surface area contributed by atoms with E-state index in [1.54, 1.807) is 18.5 Å². The number of aryl methyl sites for hydroxylation is 1. The molecule has 3 aromatic rings. The molecule has 0 aliphatic rings. The number of amides is 1. The second-order valence-electron chi connectivity index (χ2n) is 6.13. The van der Waals surface area contributed by atoms with Gasteiger partial charge in [0.1, 0.15) is 5.75 Å². The standard InChI is InChI=1S/C22H22N2O2/c1-17-13-18(16-23-15-17)7-10-22(25)24-11-4-12-26-21-9-8-19-5-2-3-6-20(19)14-21/h2-3,5-10,13-16H,4,11-12H2,1H3,(H,24,25)/b10-7+. The molecule has 132 valence electrons. The van der Waals surface area contributed by atoms with Crippen LogP contribution in [0.2, 0.25) is 0 Å². The van der Waals surface area contributed by atoms with Gasteiger partial charge in [0.05, 0.1) is 6.61 Å². The first-order valence-electron chi connectivity index (χ1n) is 8.70. The number of hydrogen-bond acceptors (Lipinski definition) is 3. The number of aromatic nitrogens is 1. The third-order valence-electron chi connectivity index (χ3n) is 3.93. The van der Waals surface area contributed by atoms with Crippen LogP contribution in [-0.4, -0.2) is 24.0 Å². The molecule has 4 heteroatoms. The Hall–Kier alpha value is -3.14. The Balaban J connectivity index is 1.38. The van der Waals surface area contributed by atoms with Gasteiger partial charge >= 0.3 is 0 Å². The van der Waals surface area contributed by atoms with E-state index >= 15 is 0 Å². The molecule has 1 amide bonds. The number of carbonyl (C=O) groups is 1. The summed E-state index contributed by atoms with van der Waals surface area (Å²) in [6.07, 6.45) is 7.56. The average molecular weight is 346 g/mol. The minimum atomic E-state index is -0.114. The second-order valence-corrected chi connectivity index (χ2v) is 6.13. The smallest absolute Gasteiger partial charge is 0.244 e. The molecular weight excluding hydrogens is 324 g/mol. The van der Waals surface area contributed by atoms with Crippen LogP contribution in [0, 0.1) is 6.92 Å². The van der Waals surface area contributed by atoms with Crippen LogP contribution in [-0.2, 0) is 4.79 Å². The predicted octanol–water partition coefficient (Wildman–Crippen LogP) is 4.14. The summed E-state index contributed by atoms with van der Waals surface area (Å²) in [5.74, 6) is 0.735. The molecule has 0 unspecified atom stereocenters. The Morgan fingerprint density at radius 3 is 2.81 bits per heavy atom. The first-order chi connectivity index (χ1) is 12.7. The molecule has 0 aliphatic carbocycles. The fraction of sp³-hybridized carbons (Fsp3) is 0.182. The first-order valence-corrected chi connectivity index (χ1v) is 8.70. The molecule has 1 heterocycles. The first kappa shape index (κ1) is 17.7. The maximum Gasteiger partial charge on any atom is 0.244 e. The van der Waals surface area contributed by atoms with Crippen LogP contribution in [0.4, 0.5) is 0 Å². The van der Waals surface area contributed by atoms with Crippen LogP contribution >= 0.6 is 0 Å². The van der Waals surface area contributed by atoms with Crippen LogP contribution in [0.1, 0.15) is 17.5 Å². The van der Waals surface area contributed by atoms with Crippen LogP contribution < -0.4 is 10.1 Å². The monoisotopic (exact) mass is 346 g/mol. The highest BCUT2D eigenvalue weighted by atomic mass is 16.5. The van der Waals surface area contributed by atoms with E-state index in [2.05, 4.69) is 28.5 Å². The van der Waals surface area contributed by atoms with Crippen LogP contribution in [0.3, 0.4) is 0 Å². The van der Waals surface area contributed by atoms with E-state index < -0.39 is 0 Å². The zero-order valence-corrected chi connectivity index (χ0v) is 14.8. The molecule has 3 rings (SSSR count). The minimum absolute atomic E-state index is 0.114. The molecule has 0 atom stereocenters. The Morgan fingerprint density at radius 2 is 1.96 bits per heavy atom. The molecule has 1 N–H and O–H groups in total. The highest BCUT2D eigenvalue weighted by Gasteiger charge is 1.99. The molecule has 0 saturated heterocycles. The van der Waals surface area contributed by atoms with Gasteiger partial charge in [-0.05, 0) is 59.5 Å². The van der Waals surface area contributed by atoms with E-state index in [0.29, 0.717) is 13.2 Å². The van der Waals surface area contributed by atoms with Gasteiger partial charge in [0.15, 0.2) is 0 Å². The molecule has 0 fully saturated rings. The van der Waals surface area contributed by atoms with Gasteiger partial charge in [-0.15, -0.1) is 0 Å². The summed E-state index contributed by atoms with van der Waals surface area (Å²) in [5.41, 5.74) is 1.98. The number of nitrogens with one attached hydrogen (secondary N) is 1. The Kier molecular flexibility index (Phi) is 5.99. The third kappa shape index (κ3) is 5.18. The normalized spacial score (nSPS) is 11.0. The fourth-order valence-electron chi connectivity index (χ4n) is 2.63. The largest absolute Gasteiger partial charge is 0.494 e. The van der Waals surface area contributed by atoms with Crippen molar-refractivity contribution in [3.05, 3.63) is 78.1 Å². The number of nitrogens with zero attached hydrogens (tertiary/aromatic N) is 1. The molecule has 26 heavy (non-hydrogen) atoms. The van der Waals surface area contributed by atoms with Crippen LogP contribution in [0.15, 0.2) is 67.0 Å². The van der Waals surface area contributed by atoms with E-state index in [1.807, 2.05) is 37.3 Å². The van der Waals surface area contributed by atoms with E-state index in [9.17, 15) is 4.79 Å². The highest BCUT2D eigenvalue weighted by molar-refractivity contribution is 5.91. The number of ether oxygens (including phenoxy) is 1. The predicted molar refractivity (Wildman–Crippen MR) is 105 cm³/mol. The van der Waals surface area contributed by atoms with Gasteiger partial charge in [0.25, 0.3) is 0 Å². The molecule has 2 aromatic carbocycles. The van der Waals surface area contributed by atoms with Gasteiger partial charge in [-0.2, -0.15) is 0 Å². The molecule has 0 spiro atoms. The Bertz CT molecular complexity index is 919. The number of fused-ring (bicyclic) bond motifs is 1.